The smallest absolute Gasteiger partial charge is 0.358 e. The maximum atomic E-state index is 11.2. The van der Waals surface area contributed by atoms with Crippen LogP contribution in [0, 0.1) is 0 Å². The van der Waals surface area contributed by atoms with E-state index in [0.29, 0.717) is 0 Å². The maximum Gasteiger partial charge on any atom is 0.358 e. The van der Waals surface area contributed by atoms with E-state index in [2.05, 4.69) is 32.7 Å². The highest BCUT2D eigenvalue weighted by Crippen LogP contribution is 2.19. The standard InChI is InChI=1S/C12H15N3O2/c1-15-5-3-9(4-6-15)10-7-14-11(8-13-10)12(16)17-2/h3,7-8H,4-6H2,1-2H3. The van der Waals surface area contributed by atoms with Gasteiger partial charge in [0.05, 0.1) is 25.2 Å². The Morgan fingerprint density at radius 1 is 1.41 bits per heavy atom. The van der Waals surface area contributed by atoms with Crippen molar-refractivity contribution in [3.8, 4) is 0 Å². The van der Waals surface area contributed by atoms with Crippen LogP contribution >= 0.6 is 0 Å². The van der Waals surface area contributed by atoms with Crippen molar-refractivity contribution in [2.24, 2.45) is 0 Å². The number of nitrogens with zero attached hydrogens (tertiary/aromatic N) is 3. The van der Waals surface area contributed by atoms with Gasteiger partial charge in [0, 0.05) is 13.1 Å². The molecule has 0 aromatic carbocycles. The van der Waals surface area contributed by atoms with Crippen LogP contribution in [0.4, 0.5) is 0 Å². The maximum absolute atomic E-state index is 11.2. The molecule has 0 bridgehead atoms. The third kappa shape index (κ3) is 2.68. The van der Waals surface area contributed by atoms with Crippen molar-refractivity contribution in [3.05, 3.63) is 29.9 Å². The lowest BCUT2D eigenvalue weighted by atomic mass is 10.1. The summed E-state index contributed by atoms with van der Waals surface area (Å²) in [6.45, 7) is 1.95. The molecule has 0 saturated heterocycles. The van der Waals surface area contributed by atoms with Crippen LogP contribution in [-0.4, -0.2) is 48.1 Å². The summed E-state index contributed by atoms with van der Waals surface area (Å²) >= 11 is 0. The van der Waals surface area contributed by atoms with Gasteiger partial charge in [0.2, 0.25) is 0 Å². The summed E-state index contributed by atoms with van der Waals surface area (Å²) in [7, 11) is 3.41. The monoisotopic (exact) mass is 233 g/mol. The number of methoxy groups -OCH3 is 1. The normalized spacial score (nSPS) is 16.5. The Morgan fingerprint density at radius 2 is 2.24 bits per heavy atom. The predicted molar refractivity (Wildman–Crippen MR) is 63.5 cm³/mol. The molecule has 0 radical (unpaired) electrons. The summed E-state index contributed by atoms with van der Waals surface area (Å²) in [6.07, 6.45) is 6.19. The zero-order valence-corrected chi connectivity index (χ0v) is 10.0. The molecule has 2 rings (SSSR count). The summed E-state index contributed by atoms with van der Waals surface area (Å²) in [5, 5.41) is 0. The number of likely N-dealkylation sites (N-methyl/N-ethyl adjacent to an activating group) is 1. The Kier molecular flexibility index (Phi) is 3.49. The van der Waals surface area contributed by atoms with Gasteiger partial charge in [-0.3, -0.25) is 4.98 Å². The van der Waals surface area contributed by atoms with E-state index in [9.17, 15) is 4.79 Å². The zero-order chi connectivity index (χ0) is 12.3. The minimum atomic E-state index is -0.457. The number of hydrogen-bond acceptors (Lipinski definition) is 5. The second-order valence-electron chi connectivity index (χ2n) is 4.02. The lowest BCUT2D eigenvalue weighted by Gasteiger charge is -2.21. The van der Waals surface area contributed by atoms with Crippen molar-refractivity contribution in [3.63, 3.8) is 0 Å². The van der Waals surface area contributed by atoms with Gasteiger partial charge in [0.1, 0.15) is 0 Å². The van der Waals surface area contributed by atoms with E-state index in [1.165, 1.54) is 18.9 Å². The van der Waals surface area contributed by atoms with Crippen molar-refractivity contribution in [2.45, 2.75) is 6.42 Å². The number of esters is 1. The molecule has 0 spiro atoms. The highest BCUT2D eigenvalue weighted by Gasteiger charge is 2.12. The van der Waals surface area contributed by atoms with Crippen molar-refractivity contribution >= 4 is 11.5 Å². The van der Waals surface area contributed by atoms with Crippen molar-refractivity contribution in [2.75, 3.05) is 27.2 Å². The van der Waals surface area contributed by atoms with Gasteiger partial charge in [0.25, 0.3) is 0 Å². The van der Waals surface area contributed by atoms with E-state index in [1.54, 1.807) is 6.20 Å². The minimum Gasteiger partial charge on any atom is -0.464 e. The molecule has 0 amide bonds. The lowest BCUT2D eigenvalue weighted by molar-refractivity contribution is 0.0593. The van der Waals surface area contributed by atoms with Gasteiger partial charge in [-0.05, 0) is 19.0 Å². The molecule has 1 aliphatic rings. The van der Waals surface area contributed by atoms with E-state index in [1.807, 2.05) is 0 Å². The Morgan fingerprint density at radius 3 is 2.76 bits per heavy atom. The van der Waals surface area contributed by atoms with Crippen LogP contribution in [0.25, 0.3) is 5.57 Å². The van der Waals surface area contributed by atoms with E-state index in [0.717, 1.165) is 25.2 Å². The molecule has 1 aromatic rings. The first-order valence-electron chi connectivity index (χ1n) is 5.49. The summed E-state index contributed by atoms with van der Waals surface area (Å²) in [5.41, 5.74) is 2.27. The van der Waals surface area contributed by atoms with Gasteiger partial charge in [0.15, 0.2) is 5.69 Å². The second-order valence-corrected chi connectivity index (χ2v) is 4.02. The third-order valence-corrected chi connectivity index (χ3v) is 2.79. The quantitative estimate of drug-likeness (QED) is 0.713. The van der Waals surface area contributed by atoms with Gasteiger partial charge < -0.3 is 9.64 Å². The van der Waals surface area contributed by atoms with Gasteiger partial charge in [-0.15, -0.1) is 0 Å². The van der Waals surface area contributed by atoms with Crippen molar-refractivity contribution in [1.82, 2.24) is 14.9 Å². The lowest BCUT2D eigenvalue weighted by Crippen LogP contribution is -2.24. The Labute approximate surface area is 100 Å². The Bertz CT molecular complexity index is 440. The van der Waals surface area contributed by atoms with Crippen LogP contribution in [0.2, 0.25) is 0 Å². The van der Waals surface area contributed by atoms with Crippen molar-refractivity contribution in [1.29, 1.82) is 0 Å². The van der Waals surface area contributed by atoms with E-state index in [-0.39, 0.29) is 5.69 Å². The molecule has 0 saturated carbocycles. The fraction of sp³-hybridized carbons (Fsp3) is 0.417. The topological polar surface area (TPSA) is 55.3 Å². The molecule has 1 aliphatic heterocycles. The van der Waals surface area contributed by atoms with Gasteiger partial charge >= 0.3 is 5.97 Å². The van der Waals surface area contributed by atoms with Crippen LogP contribution in [0.1, 0.15) is 22.6 Å². The van der Waals surface area contributed by atoms with E-state index < -0.39 is 5.97 Å². The SMILES string of the molecule is COC(=O)c1cnc(C2=CCN(C)CC2)cn1. The van der Waals surface area contributed by atoms with Gasteiger partial charge in [-0.25, -0.2) is 9.78 Å². The Hall–Kier alpha value is -1.75. The summed E-state index contributed by atoms with van der Waals surface area (Å²) in [5.74, 6) is -0.457. The second kappa shape index (κ2) is 5.05. The summed E-state index contributed by atoms with van der Waals surface area (Å²) < 4.78 is 4.57. The molecule has 2 heterocycles. The molecule has 1 aromatic heterocycles. The highest BCUT2D eigenvalue weighted by molar-refractivity contribution is 5.86. The Balaban J connectivity index is 2.16. The largest absolute Gasteiger partial charge is 0.464 e. The average molecular weight is 233 g/mol. The highest BCUT2D eigenvalue weighted by atomic mass is 16.5. The number of rotatable bonds is 2. The number of carbonyl (C=O) groups excluding carboxylic acids is 1. The van der Waals surface area contributed by atoms with Crippen LogP contribution in [-0.2, 0) is 4.74 Å². The number of carbonyl (C=O) groups is 1. The number of hydrogen-bond donors (Lipinski definition) is 0. The third-order valence-electron chi connectivity index (χ3n) is 2.79. The van der Waals surface area contributed by atoms with E-state index in [4.69, 9.17) is 0 Å². The van der Waals surface area contributed by atoms with Gasteiger partial charge in [-0.1, -0.05) is 6.08 Å². The molecule has 17 heavy (non-hydrogen) atoms. The first-order chi connectivity index (χ1) is 8.20. The fourth-order valence-corrected chi connectivity index (χ4v) is 1.71. The fourth-order valence-electron chi connectivity index (χ4n) is 1.71. The number of aromatic nitrogens is 2. The molecule has 5 nitrogen and oxygen atoms in total. The van der Waals surface area contributed by atoms with Gasteiger partial charge in [-0.2, -0.15) is 0 Å². The molecule has 0 unspecified atom stereocenters. The molecule has 0 atom stereocenters. The molecule has 0 fully saturated rings. The molecular weight excluding hydrogens is 218 g/mol. The van der Waals surface area contributed by atoms with Crippen LogP contribution < -0.4 is 0 Å². The minimum absolute atomic E-state index is 0.241. The molecule has 0 aliphatic carbocycles. The molecule has 5 heteroatoms. The summed E-state index contributed by atoms with van der Waals surface area (Å²) in [6, 6.07) is 0. The number of ether oxygens (including phenoxy) is 1. The van der Waals surface area contributed by atoms with Crippen LogP contribution in [0.5, 0.6) is 0 Å². The predicted octanol–water partition coefficient (Wildman–Crippen LogP) is 0.982. The first-order valence-corrected chi connectivity index (χ1v) is 5.49. The van der Waals surface area contributed by atoms with Crippen LogP contribution in [0.15, 0.2) is 18.5 Å². The molecular formula is C12H15N3O2. The molecule has 90 valence electrons. The first kappa shape index (κ1) is 11.7. The van der Waals surface area contributed by atoms with Crippen molar-refractivity contribution < 1.29 is 9.53 Å². The van der Waals surface area contributed by atoms with E-state index >= 15 is 0 Å². The van der Waals surface area contributed by atoms with Crippen LogP contribution in [0.3, 0.4) is 0 Å². The summed E-state index contributed by atoms with van der Waals surface area (Å²) in [4.78, 5) is 21.7. The average Bonchev–Trinajstić information content (AvgIpc) is 2.39. The molecule has 0 N–H and O–H groups in total. The zero-order valence-electron chi connectivity index (χ0n) is 10.0.